The second-order valence-corrected chi connectivity index (χ2v) is 5.72. The van der Waals surface area contributed by atoms with Gasteiger partial charge in [0.15, 0.2) is 0 Å². The van der Waals surface area contributed by atoms with Gasteiger partial charge in [0.2, 0.25) is 0 Å². The number of carbonyl (C=O) groups is 1. The molecule has 124 valence electrons. The number of amides is 2. The van der Waals surface area contributed by atoms with E-state index in [-0.39, 0.29) is 12.1 Å². The summed E-state index contributed by atoms with van der Waals surface area (Å²) in [5.41, 5.74) is 2.11. The van der Waals surface area contributed by atoms with Crippen LogP contribution in [0.1, 0.15) is 46.1 Å². The molecule has 22 heavy (non-hydrogen) atoms. The quantitative estimate of drug-likeness (QED) is 0.727. The van der Waals surface area contributed by atoms with Gasteiger partial charge >= 0.3 is 6.03 Å². The van der Waals surface area contributed by atoms with Crippen LogP contribution in [0.2, 0.25) is 0 Å². The van der Waals surface area contributed by atoms with Gasteiger partial charge in [0.1, 0.15) is 0 Å². The fourth-order valence-electron chi connectivity index (χ4n) is 2.45. The van der Waals surface area contributed by atoms with E-state index in [1.807, 2.05) is 24.3 Å². The third-order valence-electron chi connectivity index (χ3n) is 4.00. The first-order valence-corrected chi connectivity index (χ1v) is 8.47. The Hall–Kier alpha value is -1.55. The largest absolute Gasteiger partial charge is 0.335 e. The molecule has 0 aliphatic heterocycles. The predicted octanol–water partition coefficient (Wildman–Crippen LogP) is 3.88. The summed E-state index contributed by atoms with van der Waals surface area (Å²) < 4.78 is 0. The van der Waals surface area contributed by atoms with Gasteiger partial charge in [0, 0.05) is 11.7 Å². The summed E-state index contributed by atoms with van der Waals surface area (Å²) >= 11 is 0. The van der Waals surface area contributed by atoms with Crippen LogP contribution in [-0.2, 0) is 6.42 Å². The van der Waals surface area contributed by atoms with Crippen molar-refractivity contribution in [3.05, 3.63) is 29.8 Å². The van der Waals surface area contributed by atoms with Gasteiger partial charge < -0.3 is 15.5 Å². The molecule has 0 aromatic heterocycles. The zero-order chi connectivity index (χ0) is 16.4. The summed E-state index contributed by atoms with van der Waals surface area (Å²) in [5.74, 6) is 0. The highest BCUT2D eigenvalue weighted by atomic mass is 16.2. The molecule has 0 saturated carbocycles. The molecule has 0 saturated heterocycles. The Kier molecular flexibility index (Phi) is 8.60. The van der Waals surface area contributed by atoms with Gasteiger partial charge in [-0.25, -0.2) is 4.79 Å². The average molecular weight is 305 g/mol. The van der Waals surface area contributed by atoms with Crippen LogP contribution in [0.4, 0.5) is 10.5 Å². The van der Waals surface area contributed by atoms with Crippen LogP contribution < -0.4 is 10.6 Å². The lowest BCUT2D eigenvalue weighted by Gasteiger charge is -2.20. The lowest BCUT2D eigenvalue weighted by Crippen LogP contribution is -2.36. The predicted molar refractivity (Wildman–Crippen MR) is 94.5 cm³/mol. The Morgan fingerprint density at radius 1 is 1.14 bits per heavy atom. The summed E-state index contributed by atoms with van der Waals surface area (Å²) in [6.45, 7) is 11.8. The fourth-order valence-corrected chi connectivity index (χ4v) is 2.45. The molecule has 2 amide bonds. The van der Waals surface area contributed by atoms with Crippen molar-refractivity contribution in [1.82, 2.24) is 10.2 Å². The molecule has 4 heteroatoms. The molecule has 1 aromatic carbocycles. The van der Waals surface area contributed by atoms with Crippen LogP contribution in [0.5, 0.6) is 0 Å². The molecule has 0 fully saturated rings. The molecule has 0 radical (unpaired) electrons. The van der Waals surface area contributed by atoms with E-state index < -0.39 is 0 Å². The zero-order valence-corrected chi connectivity index (χ0v) is 14.5. The number of rotatable bonds is 9. The highest BCUT2D eigenvalue weighted by molar-refractivity contribution is 5.89. The van der Waals surface area contributed by atoms with Crippen molar-refractivity contribution in [1.29, 1.82) is 0 Å². The van der Waals surface area contributed by atoms with Crippen molar-refractivity contribution < 1.29 is 4.79 Å². The highest BCUT2D eigenvalue weighted by Crippen LogP contribution is 2.10. The van der Waals surface area contributed by atoms with Gasteiger partial charge in [0.05, 0.1) is 0 Å². The molecule has 0 aliphatic carbocycles. The van der Waals surface area contributed by atoms with Crippen LogP contribution in [0, 0.1) is 0 Å². The molecule has 2 N–H and O–H groups in total. The Bertz CT molecular complexity index is 426. The Balaban J connectivity index is 2.28. The van der Waals surface area contributed by atoms with Crippen molar-refractivity contribution in [3.8, 4) is 0 Å². The number of urea groups is 1. The number of hydrogen-bond acceptors (Lipinski definition) is 2. The number of aryl methyl sites for hydroxylation is 1. The summed E-state index contributed by atoms with van der Waals surface area (Å²) in [6.07, 6.45) is 3.11. The first-order chi connectivity index (χ1) is 10.6. The molecule has 0 spiro atoms. The lowest BCUT2D eigenvalue weighted by atomic mass is 10.1. The average Bonchev–Trinajstić information content (AvgIpc) is 2.52. The molecule has 0 aliphatic rings. The molecular formula is C18H31N3O. The molecule has 4 nitrogen and oxygen atoms in total. The monoisotopic (exact) mass is 305 g/mol. The molecule has 1 unspecified atom stereocenters. The normalized spacial score (nSPS) is 12.2. The summed E-state index contributed by atoms with van der Waals surface area (Å²) in [4.78, 5) is 14.4. The van der Waals surface area contributed by atoms with Gasteiger partial charge in [-0.2, -0.15) is 0 Å². The zero-order valence-electron chi connectivity index (χ0n) is 14.5. The maximum absolute atomic E-state index is 12.0. The smallest absolute Gasteiger partial charge is 0.319 e. The van der Waals surface area contributed by atoms with Gasteiger partial charge in [-0.1, -0.05) is 32.9 Å². The molecule has 1 rings (SSSR count). The summed E-state index contributed by atoms with van der Waals surface area (Å²) in [6, 6.07) is 8.05. The number of nitrogens with zero attached hydrogens (tertiary/aromatic N) is 1. The summed E-state index contributed by atoms with van der Waals surface area (Å²) in [7, 11) is 0. The van der Waals surface area contributed by atoms with E-state index in [1.165, 1.54) is 5.56 Å². The van der Waals surface area contributed by atoms with E-state index in [4.69, 9.17) is 0 Å². The van der Waals surface area contributed by atoms with E-state index >= 15 is 0 Å². The first-order valence-electron chi connectivity index (χ1n) is 8.47. The fraction of sp³-hybridized carbons (Fsp3) is 0.611. The first kappa shape index (κ1) is 18.5. The third-order valence-corrected chi connectivity index (χ3v) is 4.00. The van der Waals surface area contributed by atoms with E-state index in [9.17, 15) is 4.79 Å². The number of hydrogen-bond donors (Lipinski definition) is 2. The van der Waals surface area contributed by atoms with Crippen LogP contribution in [0.25, 0.3) is 0 Å². The highest BCUT2D eigenvalue weighted by Gasteiger charge is 2.08. The number of nitrogens with one attached hydrogen (secondary N) is 2. The molecule has 1 atom stereocenters. The standard InChI is InChI=1S/C18H31N3O/c1-5-16-10-12-17(13-11-16)20-18(22)19-15(4)9-8-14-21(6-2)7-3/h10-13,15H,5-9,14H2,1-4H3,(H2,19,20,22). The minimum atomic E-state index is -0.125. The van der Waals surface area contributed by atoms with Crippen molar-refractivity contribution in [2.75, 3.05) is 25.0 Å². The van der Waals surface area contributed by atoms with Crippen molar-refractivity contribution >= 4 is 11.7 Å². The van der Waals surface area contributed by atoms with Crippen LogP contribution in [-0.4, -0.2) is 36.6 Å². The Morgan fingerprint density at radius 3 is 2.32 bits per heavy atom. The second-order valence-electron chi connectivity index (χ2n) is 5.72. The second kappa shape index (κ2) is 10.2. The van der Waals surface area contributed by atoms with E-state index in [0.29, 0.717) is 0 Å². The van der Waals surface area contributed by atoms with Crippen LogP contribution in [0.3, 0.4) is 0 Å². The molecule has 0 bridgehead atoms. The molecule has 0 heterocycles. The number of anilines is 1. The molecule has 1 aromatic rings. The van der Waals surface area contributed by atoms with Crippen molar-refractivity contribution in [3.63, 3.8) is 0 Å². The van der Waals surface area contributed by atoms with Gasteiger partial charge in [-0.05, 0) is 63.5 Å². The van der Waals surface area contributed by atoms with Crippen molar-refractivity contribution in [2.24, 2.45) is 0 Å². The minimum Gasteiger partial charge on any atom is -0.335 e. The van der Waals surface area contributed by atoms with Crippen LogP contribution >= 0.6 is 0 Å². The summed E-state index contributed by atoms with van der Waals surface area (Å²) in [5, 5.41) is 5.88. The van der Waals surface area contributed by atoms with E-state index in [2.05, 4.69) is 43.2 Å². The number of benzene rings is 1. The Morgan fingerprint density at radius 2 is 1.77 bits per heavy atom. The topological polar surface area (TPSA) is 44.4 Å². The lowest BCUT2D eigenvalue weighted by molar-refractivity contribution is 0.247. The SMILES string of the molecule is CCc1ccc(NC(=O)NC(C)CCCN(CC)CC)cc1. The van der Waals surface area contributed by atoms with Crippen molar-refractivity contribution in [2.45, 2.75) is 53.0 Å². The Labute approximate surface area is 135 Å². The van der Waals surface area contributed by atoms with Gasteiger partial charge in [0.25, 0.3) is 0 Å². The third kappa shape index (κ3) is 6.94. The maximum Gasteiger partial charge on any atom is 0.319 e. The minimum absolute atomic E-state index is 0.125. The number of carbonyl (C=O) groups excluding carboxylic acids is 1. The van der Waals surface area contributed by atoms with Crippen LogP contribution in [0.15, 0.2) is 24.3 Å². The van der Waals surface area contributed by atoms with E-state index in [0.717, 1.165) is 44.6 Å². The molecular weight excluding hydrogens is 274 g/mol. The maximum atomic E-state index is 12.0. The van der Waals surface area contributed by atoms with Gasteiger partial charge in [-0.3, -0.25) is 0 Å². The van der Waals surface area contributed by atoms with E-state index in [1.54, 1.807) is 0 Å². The van der Waals surface area contributed by atoms with Gasteiger partial charge in [-0.15, -0.1) is 0 Å².